The van der Waals surface area contributed by atoms with Crippen LogP contribution in [0.1, 0.15) is 11.1 Å². The quantitative estimate of drug-likeness (QED) is 0.519. The van der Waals surface area contributed by atoms with Crippen LogP contribution < -0.4 is 5.32 Å². The van der Waals surface area contributed by atoms with Gasteiger partial charge in [0.15, 0.2) is 6.61 Å². The minimum absolute atomic E-state index is 0.300. The van der Waals surface area contributed by atoms with Crippen molar-refractivity contribution in [3.05, 3.63) is 84.1 Å². The Morgan fingerprint density at radius 2 is 1.81 bits per heavy atom. The number of esters is 1. The third kappa shape index (κ3) is 5.51. The Morgan fingerprint density at radius 3 is 2.67 bits per heavy atom. The van der Waals surface area contributed by atoms with Gasteiger partial charge in [0.25, 0.3) is 5.91 Å². The molecule has 0 saturated carbocycles. The predicted molar refractivity (Wildman–Crippen MR) is 105 cm³/mol. The number of nitrogens with one attached hydrogen (secondary N) is 1. The molecule has 1 heterocycles. The first kappa shape index (κ1) is 18.3. The molecule has 0 aliphatic carbocycles. The zero-order valence-corrected chi connectivity index (χ0v) is 14.8. The molecule has 0 spiro atoms. The predicted octanol–water partition coefficient (Wildman–Crippen LogP) is 3.15. The lowest BCUT2D eigenvalue weighted by Crippen LogP contribution is -2.30. The van der Waals surface area contributed by atoms with Gasteiger partial charge in [0.2, 0.25) is 0 Å². The van der Waals surface area contributed by atoms with Crippen molar-refractivity contribution >= 4 is 28.9 Å². The van der Waals surface area contributed by atoms with Crippen molar-refractivity contribution in [1.29, 1.82) is 0 Å². The van der Waals surface area contributed by atoms with Gasteiger partial charge in [-0.05, 0) is 24.1 Å². The van der Waals surface area contributed by atoms with E-state index in [2.05, 4.69) is 10.3 Å². The lowest BCUT2D eigenvalue weighted by Gasteiger charge is -2.05. The molecule has 5 nitrogen and oxygen atoms in total. The van der Waals surface area contributed by atoms with Crippen molar-refractivity contribution in [2.75, 3.05) is 13.2 Å². The number of carbonyl (C=O) groups is 2. The molecule has 0 fully saturated rings. The molecule has 5 heteroatoms. The lowest BCUT2D eigenvalue weighted by molar-refractivity contribution is -0.143. The van der Waals surface area contributed by atoms with Gasteiger partial charge in [-0.15, -0.1) is 0 Å². The zero-order chi connectivity index (χ0) is 18.9. The van der Waals surface area contributed by atoms with Gasteiger partial charge < -0.3 is 10.1 Å². The molecule has 3 aromatic rings. The number of carbonyl (C=O) groups excluding carboxylic acids is 2. The highest BCUT2D eigenvalue weighted by Crippen LogP contribution is 2.17. The first-order valence-electron chi connectivity index (χ1n) is 8.71. The highest BCUT2D eigenvalue weighted by Gasteiger charge is 2.05. The summed E-state index contributed by atoms with van der Waals surface area (Å²) in [5.74, 6) is -0.888. The van der Waals surface area contributed by atoms with Crippen LogP contribution in [0.15, 0.2) is 72.9 Å². The van der Waals surface area contributed by atoms with Gasteiger partial charge in [-0.25, -0.2) is 4.79 Å². The number of rotatable bonds is 7. The third-order valence-electron chi connectivity index (χ3n) is 3.99. The van der Waals surface area contributed by atoms with E-state index in [-0.39, 0.29) is 12.5 Å². The molecular weight excluding hydrogens is 340 g/mol. The Labute approximate surface area is 157 Å². The first-order chi connectivity index (χ1) is 13.2. The fraction of sp³-hybridized carbons (Fsp3) is 0.136. The van der Waals surface area contributed by atoms with Crippen molar-refractivity contribution in [3.63, 3.8) is 0 Å². The maximum atomic E-state index is 11.8. The fourth-order valence-corrected chi connectivity index (χ4v) is 2.65. The van der Waals surface area contributed by atoms with Gasteiger partial charge in [0.1, 0.15) is 0 Å². The number of pyridine rings is 1. The average molecular weight is 360 g/mol. The molecule has 3 rings (SSSR count). The van der Waals surface area contributed by atoms with Crippen LogP contribution >= 0.6 is 0 Å². The van der Waals surface area contributed by atoms with Gasteiger partial charge >= 0.3 is 5.97 Å². The molecule has 0 aliphatic rings. The van der Waals surface area contributed by atoms with Gasteiger partial charge in [-0.2, -0.15) is 0 Å². The largest absolute Gasteiger partial charge is 0.452 e. The van der Waals surface area contributed by atoms with Crippen LogP contribution in [0.4, 0.5) is 0 Å². The number of aromatic nitrogens is 1. The number of fused-ring (bicyclic) bond motifs is 1. The second-order valence-corrected chi connectivity index (χ2v) is 5.95. The second-order valence-electron chi connectivity index (χ2n) is 5.95. The van der Waals surface area contributed by atoms with Crippen molar-refractivity contribution in [2.24, 2.45) is 0 Å². The highest BCUT2D eigenvalue weighted by molar-refractivity contribution is 5.93. The van der Waals surface area contributed by atoms with E-state index in [1.807, 2.05) is 60.7 Å². The van der Waals surface area contributed by atoms with Crippen LogP contribution in [0.3, 0.4) is 0 Å². The van der Waals surface area contributed by atoms with Crippen LogP contribution in [-0.4, -0.2) is 30.0 Å². The van der Waals surface area contributed by atoms with Crippen molar-refractivity contribution in [1.82, 2.24) is 10.3 Å². The Balaban J connectivity index is 1.45. The van der Waals surface area contributed by atoms with Crippen LogP contribution in [0, 0.1) is 0 Å². The number of nitrogens with zero attached hydrogens (tertiary/aromatic N) is 1. The summed E-state index contributed by atoms with van der Waals surface area (Å²) in [6.45, 7) is 0.198. The molecule has 0 unspecified atom stereocenters. The van der Waals surface area contributed by atoms with Crippen LogP contribution in [0.5, 0.6) is 0 Å². The highest BCUT2D eigenvalue weighted by atomic mass is 16.5. The van der Waals surface area contributed by atoms with E-state index in [1.54, 1.807) is 12.3 Å². The maximum absolute atomic E-state index is 11.8. The van der Waals surface area contributed by atoms with E-state index in [1.165, 1.54) is 6.08 Å². The van der Waals surface area contributed by atoms with Crippen LogP contribution in [0.2, 0.25) is 0 Å². The lowest BCUT2D eigenvalue weighted by atomic mass is 10.1. The topological polar surface area (TPSA) is 68.3 Å². The molecule has 2 aromatic carbocycles. The first-order valence-corrected chi connectivity index (χ1v) is 8.71. The van der Waals surface area contributed by atoms with E-state index in [9.17, 15) is 9.59 Å². The second kappa shape index (κ2) is 9.29. The van der Waals surface area contributed by atoms with E-state index >= 15 is 0 Å². The standard InChI is InChI=1S/C22H20N2O3/c25-20(23-15-13-17-6-2-1-3-7-17)16-27-21(26)12-11-19-9-4-8-18-10-5-14-24-22(18)19/h1-12,14H,13,15-16H2,(H,23,25)/b12-11+. The maximum Gasteiger partial charge on any atom is 0.331 e. The van der Waals surface area contributed by atoms with E-state index in [4.69, 9.17) is 4.74 Å². The van der Waals surface area contributed by atoms with Gasteiger partial charge in [0, 0.05) is 29.8 Å². The molecule has 0 radical (unpaired) electrons. The zero-order valence-electron chi connectivity index (χ0n) is 14.8. The Hall–Kier alpha value is -3.47. The number of hydrogen-bond donors (Lipinski definition) is 1. The van der Waals surface area contributed by atoms with Crippen LogP contribution in [0.25, 0.3) is 17.0 Å². The summed E-state index contributed by atoms with van der Waals surface area (Å²) < 4.78 is 4.98. The Bertz CT molecular complexity index is 947. The summed E-state index contributed by atoms with van der Waals surface area (Å²) in [5, 5.41) is 3.73. The van der Waals surface area contributed by atoms with E-state index in [0.29, 0.717) is 6.54 Å². The molecular formula is C22H20N2O3. The molecule has 27 heavy (non-hydrogen) atoms. The fourth-order valence-electron chi connectivity index (χ4n) is 2.65. The molecule has 0 bridgehead atoms. The van der Waals surface area contributed by atoms with Crippen molar-refractivity contribution < 1.29 is 14.3 Å². The molecule has 0 aliphatic heterocycles. The van der Waals surface area contributed by atoms with E-state index in [0.717, 1.165) is 28.5 Å². The molecule has 1 amide bonds. The summed E-state index contributed by atoms with van der Waals surface area (Å²) in [6, 6.07) is 19.4. The Morgan fingerprint density at radius 1 is 1.00 bits per heavy atom. The summed E-state index contributed by atoms with van der Waals surface area (Å²) in [7, 11) is 0. The third-order valence-corrected chi connectivity index (χ3v) is 3.99. The van der Waals surface area contributed by atoms with Gasteiger partial charge in [-0.1, -0.05) is 54.6 Å². The summed E-state index contributed by atoms with van der Waals surface area (Å²) in [4.78, 5) is 27.9. The number of ether oxygens (including phenoxy) is 1. The number of benzene rings is 2. The summed E-state index contributed by atoms with van der Waals surface area (Å²) in [5.41, 5.74) is 2.77. The number of para-hydroxylation sites is 1. The Kier molecular flexibility index (Phi) is 6.30. The smallest absolute Gasteiger partial charge is 0.331 e. The SMILES string of the molecule is O=C(COC(=O)/C=C/c1cccc2cccnc12)NCCc1ccccc1. The van der Waals surface area contributed by atoms with Crippen molar-refractivity contribution in [3.8, 4) is 0 Å². The molecule has 1 aromatic heterocycles. The van der Waals surface area contributed by atoms with E-state index < -0.39 is 5.97 Å². The molecule has 136 valence electrons. The monoisotopic (exact) mass is 360 g/mol. The number of amides is 1. The van der Waals surface area contributed by atoms with Gasteiger partial charge in [0.05, 0.1) is 5.52 Å². The molecule has 0 atom stereocenters. The normalized spacial score (nSPS) is 10.8. The minimum Gasteiger partial charge on any atom is -0.452 e. The van der Waals surface area contributed by atoms with Crippen molar-refractivity contribution in [2.45, 2.75) is 6.42 Å². The van der Waals surface area contributed by atoms with Crippen LogP contribution in [-0.2, 0) is 20.7 Å². The molecule has 0 saturated heterocycles. The average Bonchev–Trinajstić information content (AvgIpc) is 2.71. The minimum atomic E-state index is -0.568. The van der Waals surface area contributed by atoms with Gasteiger partial charge in [-0.3, -0.25) is 9.78 Å². The summed E-state index contributed by atoms with van der Waals surface area (Å²) in [6.07, 6.45) is 5.39. The summed E-state index contributed by atoms with van der Waals surface area (Å²) >= 11 is 0. The molecule has 1 N–H and O–H groups in total. The number of hydrogen-bond acceptors (Lipinski definition) is 4.